The van der Waals surface area contributed by atoms with E-state index in [2.05, 4.69) is 10.3 Å². The molecule has 1 heterocycles. The van der Waals surface area contributed by atoms with Gasteiger partial charge in [-0.25, -0.2) is 4.98 Å². The first kappa shape index (κ1) is 13.7. The van der Waals surface area contributed by atoms with Crippen LogP contribution in [0.4, 0.5) is 5.82 Å². The van der Waals surface area contributed by atoms with Crippen molar-refractivity contribution in [2.24, 2.45) is 0 Å². The van der Waals surface area contributed by atoms with Crippen molar-refractivity contribution >= 4 is 34.3 Å². The van der Waals surface area contributed by atoms with Crippen molar-refractivity contribution in [3.05, 3.63) is 36.0 Å². The molecule has 0 spiro atoms. The van der Waals surface area contributed by atoms with Gasteiger partial charge in [0.2, 0.25) is 0 Å². The first-order chi connectivity index (χ1) is 9.11. The van der Waals surface area contributed by atoms with Crippen LogP contribution in [0.15, 0.2) is 30.3 Å². The maximum atomic E-state index is 12.1. The summed E-state index contributed by atoms with van der Waals surface area (Å²) >= 11 is 1.69. The molecule has 0 saturated carbocycles. The summed E-state index contributed by atoms with van der Waals surface area (Å²) in [6, 6.07) is 9.52. The van der Waals surface area contributed by atoms with Gasteiger partial charge in [0, 0.05) is 17.2 Å². The molecule has 1 unspecified atom stereocenters. The third-order valence-electron chi connectivity index (χ3n) is 2.80. The molecule has 19 heavy (non-hydrogen) atoms. The monoisotopic (exact) mass is 275 g/mol. The van der Waals surface area contributed by atoms with Crippen molar-refractivity contribution in [3.63, 3.8) is 0 Å². The number of hydrogen-bond donors (Lipinski definition) is 2. The lowest BCUT2D eigenvalue weighted by Crippen LogP contribution is -2.34. The summed E-state index contributed by atoms with van der Waals surface area (Å²) in [6.07, 6.45) is 2.01. The summed E-state index contributed by atoms with van der Waals surface area (Å²) in [5.74, 6) is 1.08. The Bertz CT molecular complexity index is 600. The molecule has 1 aromatic heterocycles. The minimum Gasteiger partial charge on any atom is -0.383 e. The van der Waals surface area contributed by atoms with Gasteiger partial charge in [-0.1, -0.05) is 24.3 Å². The summed E-state index contributed by atoms with van der Waals surface area (Å²) in [5, 5.41) is 4.71. The van der Waals surface area contributed by atoms with Crippen molar-refractivity contribution in [1.82, 2.24) is 10.3 Å². The second-order valence-corrected chi connectivity index (χ2v) is 5.35. The van der Waals surface area contributed by atoms with Gasteiger partial charge in [0.1, 0.15) is 11.5 Å². The van der Waals surface area contributed by atoms with Gasteiger partial charge >= 0.3 is 0 Å². The number of rotatable bonds is 4. The molecule has 2 rings (SSSR count). The van der Waals surface area contributed by atoms with E-state index < -0.39 is 0 Å². The molecule has 0 saturated heterocycles. The lowest BCUT2D eigenvalue weighted by atomic mass is 10.1. The summed E-state index contributed by atoms with van der Waals surface area (Å²) in [7, 11) is 0. The molecule has 2 aromatic rings. The first-order valence-corrected chi connectivity index (χ1v) is 7.46. The number of nitrogens with one attached hydrogen (secondary N) is 1. The Balaban J connectivity index is 2.28. The van der Waals surface area contributed by atoms with Crippen LogP contribution in [0.1, 0.15) is 17.4 Å². The number of benzene rings is 1. The highest BCUT2D eigenvalue weighted by Crippen LogP contribution is 2.19. The topological polar surface area (TPSA) is 68.0 Å². The van der Waals surface area contributed by atoms with E-state index in [9.17, 15) is 4.79 Å². The first-order valence-electron chi connectivity index (χ1n) is 6.07. The fourth-order valence-electron chi connectivity index (χ4n) is 1.93. The van der Waals surface area contributed by atoms with Crippen LogP contribution in [0.5, 0.6) is 0 Å². The predicted octanol–water partition coefficient (Wildman–Crippen LogP) is 2.30. The zero-order valence-corrected chi connectivity index (χ0v) is 11.8. The molecule has 1 amide bonds. The van der Waals surface area contributed by atoms with Crippen molar-refractivity contribution in [2.45, 2.75) is 13.0 Å². The molecular weight excluding hydrogens is 258 g/mol. The largest absolute Gasteiger partial charge is 0.383 e. The number of fused-ring (bicyclic) bond motifs is 1. The highest BCUT2D eigenvalue weighted by molar-refractivity contribution is 7.98. The number of nitrogens with zero attached hydrogens (tertiary/aromatic N) is 1. The van der Waals surface area contributed by atoms with Gasteiger partial charge in [-0.05, 0) is 24.6 Å². The molecule has 3 N–H and O–H groups in total. The molecule has 0 bridgehead atoms. The zero-order chi connectivity index (χ0) is 13.8. The Morgan fingerprint density at radius 2 is 2.21 bits per heavy atom. The van der Waals surface area contributed by atoms with Gasteiger partial charge in [0.05, 0.1) is 0 Å². The smallest absolute Gasteiger partial charge is 0.270 e. The van der Waals surface area contributed by atoms with Crippen LogP contribution in [0.2, 0.25) is 0 Å². The zero-order valence-electron chi connectivity index (χ0n) is 11.0. The number of nitrogens with two attached hydrogens (primary N) is 1. The molecule has 0 fully saturated rings. The number of anilines is 1. The van der Waals surface area contributed by atoms with E-state index in [-0.39, 0.29) is 11.9 Å². The normalized spacial score (nSPS) is 12.3. The molecule has 100 valence electrons. The van der Waals surface area contributed by atoms with E-state index >= 15 is 0 Å². The maximum Gasteiger partial charge on any atom is 0.270 e. The van der Waals surface area contributed by atoms with Crippen LogP contribution < -0.4 is 11.1 Å². The Morgan fingerprint density at radius 3 is 2.95 bits per heavy atom. The Labute approximate surface area is 116 Å². The van der Waals surface area contributed by atoms with Crippen LogP contribution in [0.3, 0.4) is 0 Å². The highest BCUT2D eigenvalue weighted by Gasteiger charge is 2.12. The van der Waals surface area contributed by atoms with Crippen LogP contribution in [-0.2, 0) is 0 Å². The molecular formula is C14H17N3OS. The van der Waals surface area contributed by atoms with E-state index in [4.69, 9.17) is 5.73 Å². The van der Waals surface area contributed by atoms with Crippen molar-refractivity contribution in [2.75, 3.05) is 17.7 Å². The Morgan fingerprint density at radius 1 is 1.47 bits per heavy atom. The molecule has 1 aromatic carbocycles. The average Bonchev–Trinajstić information content (AvgIpc) is 2.39. The van der Waals surface area contributed by atoms with E-state index in [0.717, 1.165) is 16.5 Å². The summed E-state index contributed by atoms with van der Waals surface area (Å²) in [5.41, 5.74) is 6.25. The quantitative estimate of drug-likeness (QED) is 0.898. The third kappa shape index (κ3) is 3.17. The van der Waals surface area contributed by atoms with Gasteiger partial charge in [0.25, 0.3) is 5.91 Å². The number of carbonyl (C=O) groups is 1. The van der Waals surface area contributed by atoms with Crippen LogP contribution in [0.25, 0.3) is 10.8 Å². The molecule has 4 nitrogen and oxygen atoms in total. The average molecular weight is 275 g/mol. The second-order valence-electron chi connectivity index (χ2n) is 4.44. The van der Waals surface area contributed by atoms with Crippen LogP contribution >= 0.6 is 11.8 Å². The fourth-order valence-corrected chi connectivity index (χ4v) is 2.51. The number of pyridine rings is 1. The van der Waals surface area contributed by atoms with E-state index in [0.29, 0.717) is 11.5 Å². The van der Waals surface area contributed by atoms with E-state index in [1.54, 1.807) is 17.8 Å². The van der Waals surface area contributed by atoms with Crippen molar-refractivity contribution in [3.8, 4) is 0 Å². The SMILES string of the molecule is CSCC(C)NC(=O)c1cc2ccccc2c(N)n1. The molecule has 0 aliphatic rings. The summed E-state index contributed by atoms with van der Waals surface area (Å²) in [4.78, 5) is 16.3. The predicted molar refractivity (Wildman–Crippen MR) is 81.5 cm³/mol. The number of thioether (sulfide) groups is 1. The summed E-state index contributed by atoms with van der Waals surface area (Å²) < 4.78 is 0. The third-order valence-corrected chi connectivity index (χ3v) is 3.63. The lowest BCUT2D eigenvalue weighted by Gasteiger charge is -2.12. The van der Waals surface area contributed by atoms with E-state index in [1.165, 1.54) is 0 Å². The molecule has 5 heteroatoms. The summed E-state index contributed by atoms with van der Waals surface area (Å²) in [6.45, 7) is 1.97. The van der Waals surface area contributed by atoms with Crippen molar-refractivity contribution in [1.29, 1.82) is 0 Å². The number of hydrogen-bond acceptors (Lipinski definition) is 4. The molecule has 0 radical (unpaired) electrons. The Kier molecular flexibility index (Phi) is 4.27. The maximum absolute atomic E-state index is 12.1. The number of nitrogen functional groups attached to an aromatic ring is 1. The van der Waals surface area contributed by atoms with Gasteiger partial charge in [-0.2, -0.15) is 11.8 Å². The molecule has 1 atom stereocenters. The lowest BCUT2D eigenvalue weighted by molar-refractivity contribution is 0.0939. The number of carbonyl (C=O) groups excluding carboxylic acids is 1. The Hall–Kier alpha value is -1.75. The standard InChI is InChI=1S/C14H17N3OS/c1-9(8-19-2)16-14(18)12-7-10-5-3-4-6-11(10)13(15)17-12/h3-7,9H,8H2,1-2H3,(H2,15,17)(H,16,18). The van der Waals surface area contributed by atoms with E-state index in [1.807, 2.05) is 37.4 Å². The minimum absolute atomic E-state index is 0.108. The number of aromatic nitrogens is 1. The van der Waals surface area contributed by atoms with Gasteiger partial charge in [-0.15, -0.1) is 0 Å². The number of amides is 1. The molecule has 0 aliphatic carbocycles. The van der Waals surface area contributed by atoms with Gasteiger partial charge < -0.3 is 11.1 Å². The molecule has 0 aliphatic heterocycles. The minimum atomic E-state index is -0.181. The van der Waals surface area contributed by atoms with Gasteiger partial charge in [-0.3, -0.25) is 4.79 Å². The highest BCUT2D eigenvalue weighted by atomic mass is 32.2. The fraction of sp³-hybridized carbons (Fsp3) is 0.286. The van der Waals surface area contributed by atoms with Crippen molar-refractivity contribution < 1.29 is 4.79 Å². The van der Waals surface area contributed by atoms with Gasteiger partial charge in [0.15, 0.2) is 0 Å². The second kappa shape index (κ2) is 5.93. The van der Waals surface area contributed by atoms with Crippen LogP contribution in [0, 0.1) is 0 Å². The van der Waals surface area contributed by atoms with Crippen LogP contribution in [-0.4, -0.2) is 28.9 Å².